The van der Waals surface area contributed by atoms with Crippen LogP contribution in [-0.4, -0.2) is 32.0 Å². The molecule has 2 heterocycles. The molecule has 8 heteroatoms. The van der Waals surface area contributed by atoms with E-state index in [1.165, 1.54) is 6.07 Å². The fourth-order valence-corrected chi connectivity index (χ4v) is 2.62. The largest absolute Gasteiger partial charge is 0.358 e. The summed E-state index contributed by atoms with van der Waals surface area (Å²) in [5.41, 5.74) is 0. The van der Waals surface area contributed by atoms with Gasteiger partial charge >= 0.3 is 5.82 Å². The van der Waals surface area contributed by atoms with E-state index in [-0.39, 0.29) is 22.8 Å². The highest BCUT2D eigenvalue weighted by Gasteiger charge is 2.24. The Morgan fingerprint density at radius 3 is 3.12 bits per heavy atom. The molecule has 0 saturated carbocycles. The number of nitrogens with zero attached hydrogens (tertiary/aromatic N) is 2. The second-order valence-electron chi connectivity index (χ2n) is 3.39. The van der Waals surface area contributed by atoms with Gasteiger partial charge in [0, 0.05) is 0 Å². The average molecular weight is 242 g/mol. The minimum absolute atomic E-state index is 0.0595. The third-order valence-corrected chi connectivity index (χ3v) is 3.61. The van der Waals surface area contributed by atoms with Crippen LogP contribution in [0.25, 0.3) is 0 Å². The first kappa shape index (κ1) is 10.9. The number of carbonyl (C=O) groups is 1. The van der Waals surface area contributed by atoms with Crippen molar-refractivity contribution in [3.63, 3.8) is 0 Å². The quantitative estimate of drug-likeness (QED) is 0.611. The Kier molecular flexibility index (Phi) is 3.09. The fourth-order valence-electron chi connectivity index (χ4n) is 1.46. The molecular formula is C8H10N4O3S. The Morgan fingerprint density at radius 2 is 2.56 bits per heavy atom. The number of hydrogen-bond acceptors (Lipinski definition) is 5. The molecule has 2 N–H and O–H groups in total. The summed E-state index contributed by atoms with van der Waals surface area (Å²) in [6.45, 7) is 0. The number of amides is 1. The second-order valence-corrected chi connectivity index (χ2v) is 4.70. The lowest BCUT2D eigenvalue weighted by Gasteiger charge is -2.06. The first-order valence-corrected chi connectivity index (χ1v) is 5.84. The van der Waals surface area contributed by atoms with Crippen LogP contribution in [0.2, 0.25) is 0 Å². The summed E-state index contributed by atoms with van der Waals surface area (Å²) >= 11 is 1.60. The van der Waals surface area contributed by atoms with Gasteiger partial charge in [0.1, 0.15) is 0 Å². The molecule has 0 radical (unpaired) electrons. The lowest BCUT2D eigenvalue weighted by atomic mass is 10.2. The number of thioether (sulfide) groups is 1. The fraction of sp³-hybridized carbons (Fsp3) is 0.500. The minimum Gasteiger partial charge on any atom is -0.358 e. The van der Waals surface area contributed by atoms with Crippen LogP contribution in [0.15, 0.2) is 6.07 Å². The molecular weight excluding hydrogens is 232 g/mol. The molecule has 0 spiro atoms. The van der Waals surface area contributed by atoms with Gasteiger partial charge in [0.2, 0.25) is 5.91 Å². The van der Waals surface area contributed by atoms with Crippen molar-refractivity contribution in [2.24, 2.45) is 0 Å². The molecule has 7 nitrogen and oxygen atoms in total. The zero-order valence-electron chi connectivity index (χ0n) is 8.30. The monoisotopic (exact) mass is 242 g/mol. The molecule has 1 fully saturated rings. The van der Waals surface area contributed by atoms with E-state index in [4.69, 9.17) is 0 Å². The maximum atomic E-state index is 11.6. The van der Waals surface area contributed by atoms with Crippen molar-refractivity contribution in [3.05, 3.63) is 16.2 Å². The second kappa shape index (κ2) is 4.52. The molecule has 0 aromatic carbocycles. The van der Waals surface area contributed by atoms with Gasteiger partial charge in [0.15, 0.2) is 5.82 Å². The molecule has 2 rings (SSSR count). The summed E-state index contributed by atoms with van der Waals surface area (Å²) in [6, 6.07) is 1.21. The van der Waals surface area contributed by atoms with Gasteiger partial charge in [-0.05, 0) is 23.5 Å². The summed E-state index contributed by atoms with van der Waals surface area (Å²) in [5, 5.41) is 18.7. The number of H-pyrrole nitrogens is 1. The van der Waals surface area contributed by atoms with Crippen molar-refractivity contribution in [1.82, 2.24) is 10.2 Å². The molecule has 1 aromatic rings. The van der Waals surface area contributed by atoms with Crippen molar-refractivity contribution < 1.29 is 9.72 Å². The van der Waals surface area contributed by atoms with E-state index in [1.807, 2.05) is 0 Å². The maximum absolute atomic E-state index is 11.6. The van der Waals surface area contributed by atoms with E-state index < -0.39 is 4.92 Å². The van der Waals surface area contributed by atoms with Crippen molar-refractivity contribution >= 4 is 29.3 Å². The zero-order chi connectivity index (χ0) is 11.5. The van der Waals surface area contributed by atoms with Gasteiger partial charge in [-0.25, -0.2) is 0 Å². The molecule has 1 aromatic heterocycles. The smallest absolute Gasteiger partial charge is 0.344 e. The summed E-state index contributed by atoms with van der Waals surface area (Å²) in [4.78, 5) is 21.4. The third kappa shape index (κ3) is 2.32. The number of aromatic nitrogens is 2. The normalized spacial score (nSPS) is 19.6. The molecule has 0 bridgehead atoms. The lowest BCUT2D eigenvalue weighted by Crippen LogP contribution is -2.22. The van der Waals surface area contributed by atoms with Crippen LogP contribution in [0, 0.1) is 10.1 Å². The Hall–Kier alpha value is -1.57. The number of nitrogens with one attached hydrogen (secondary N) is 2. The summed E-state index contributed by atoms with van der Waals surface area (Å²) < 4.78 is 0. The molecule has 86 valence electrons. The first-order valence-electron chi connectivity index (χ1n) is 4.79. The number of aromatic amines is 1. The van der Waals surface area contributed by atoms with E-state index in [1.54, 1.807) is 11.8 Å². The number of carbonyl (C=O) groups excluding carboxylic acids is 1. The van der Waals surface area contributed by atoms with Gasteiger partial charge in [-0.2, -0.15) is 0 Å². The van der Waals surface area contributed by atoms with Gasteiger partial charge in [-0.15, -0.1) is 16.9 Å². The summed E-state index contributed by atoms with van der Waals surface area (Å²) in [5.74, 6) is 0.821. The predicted molar refractivity (Wildman–Crippen MR) is 59.4 cm³/mol. The van der Waals surface area contributed by atoms with Crippen molar-refractivity contribution in [3.8, 4) is 0 Å². The number of rotatable bonds is 3. The zero-order valence-corrected chi connectivity index (χ0v) is 9.12. The van der Waals surface area contributed by atoms with Crippen LogP contribution in [0.3, 0.4) is 0 Å². The third-order valence-electron chi connectivity index (χ3n) is 2.23. The predicted octanol–water partition coefficient (Wildman–Crippen LogP) is 1.15. The summed E-state index contributed by atoms with van der Waals surface area (Å²) in [7, 11) is 0. The van der Waals surface area contributed by atoms with Gasteiger partial charge < -0.3 is 15.4 Å². The van der Waals surface area contributed by atoms with Crippen LogP contribution in [0.4, 0.5) is 11.6 Å². The summed E-state index contributed by atoms with van der Waals surface area (Å²) in [6.07, 6.45) is 1.88. The van der Waals surface area contributed by atoms with Crippen molar-refractivity contribution in [1.29, 1.82) is 0 Å². The van der Waals surface area contributed by atoms with Crippen LogP contribution < -0.4 is 5.32 Å². The maximum Gasteiger partial charge on any atom is 0.344 e. The average Bonchev–Trinajstić information content (AvgIpc) is 2.87. The SMILES string of the molecule is O=C(Nc1cc([N+](=O)[O-])[nH]n1)C1CCCS1. The molecule has 1 saturated heterocycles. The Balaban J connectivity index is 1.97. The number of anilines is 1. The van der Waals surface area contributed by atoms with Crippen LogP contribution >= 0.6 is 11.8 Å². The Labute approximate surface area is 95.1 Å². The highest BCUT2D eigenvalue weighted by Crippen LogP contribution is 2.27. The highest BCUT2D eigenvalue weighted by atomic mass is 32.2. The number of hydrogen-bond donors (Lipinski definition) is 2. The van der Waals surface area contributed by atoms with E-state index in [0.717, 1.165) is 18.6 Å². The van der Waals surface area contributed by atoms with E-state index in [0.29, 0.717) is 0 Å². The van der Waals surface area contributed by atoms with Gasteiger partial charge in [-0.1, -0.05) is 5.10 Å². The lowest BCUT2D eigenvalue weighted by molar-refractivity contribution is -0.389. The topological polar surface area (TPSA) is 101 Å². The first-order chi connectivity index (χ1) is 7.66. The molecule has 1 unspecified atom stereocenters. The van der Waals surface area contributed by atoms with E-state index in [2.05, 4.69) is 15.5 Å². The van der Waals surface area contributed by atoms with Crippen molar-refractivity contribution in [2.75, 3.05) is 11.1 Å². The standard InChI is InChI=1S/C8H10N4O3S/c13-8(5-2-1-3-16-5)9-6-4-7(11-10-6)12(14)15/h4-5H,1-3H2,(H2,9,10,11,13). The van der Waals surface area contributed by atoms with Gasteiger partial charge in [0.25, 0.3) is 0 Å². The molecule has 16 heavy (non-hydrogen) atoms. The van der Waals surface area contributed by atoms with E-state index in [9.17, 15) is 14.9 Å². The Bertz CT molecular complexity index is 413. The molecule has 0 aliphatic carbocycles. The molecule has 1 amide bonds. The number of nitro groups is 1. The minimum atomic E-state index is -0.590. The van der Waals surface area contributed by atoms with Gasteiger partial charge in [-0.3, -0.25) is 4.79 Å². The van der Waals surface area contributed by atoms with Crippen LogP contribution in [0.1, 0.15) is 12.8 Å². The van der Waals surface area contributed by atoms with E-state index >= 15 is 0 Å². The molecule has 1 atom stereocenters. The highest BCUT2D eigenvalue weighted by molar-refractivity contribution is 8.00. The molecule has 1 aliphatic rings. The van der Waals surface area contributed by atoms with Gasteiger partial charge in [0.05, 0.1) is 11.3 Å². The molecule has 1 aliphatic heterocycles. The van der Waals surface area contributed by atoms with Crippen LogP contribution in [-0.2, 0) is 4.79 Å². The van der Waals surface area contributed by atoms with Crippen molar-refractivity contribution in [2.45, 2.75) is 18.1 Å². The Morgan fingerprint density at radius 1 is 1.75 bits per heavy atom. The van der Waals surface area contributed by atoms with Crippen LogP contribution in [0.5, 0.6) is 0 Å².